The lowest BCUT2D eigenvalue weighted by Crippen LogP contribution is -2.52. The van der Waals surface area contributed by atoms with Gasteiger partial charge in [-0.05, 0) is 71.8 Å². The monoisotopic (exact) mass is 453 g/mol. The van der Waals surface area contributed by atoms with Gasteiger partial charge in [-0.25, -0.2) is 14.4 Å². The zero-order valence-electron chi connectivity index (χ0n) is 15.0. The summed E-state index contributed by atoms with van der Waals surface area (Å²) >= 11 is 4.72. The van der Waals surface area contributed by atoms with Gasteiger partial charge in [0.25, 0.3) is 0 Å². The van der Waals surface area contributed by atoms with Crippen LogP contribution in [0.3, 0.4) is 0 Å². The number of anilines is 1. The number of rotatable bonds is 5. The standard InChI is InChI=1S/C19H21BrFN3O2S/c1-2-26-18(25)13-10-5-7-11(8-6-10)15(13)22-17-14(21)16(23-19(20)24-17)12-4-3-9-27-12/h3-4,9-11,13,15H,2,5-8H2,1H3,(H,22,23,24)/t10?,11?,13-,15?/m1/s1. The number of aromatic nitrogens is 2. The zero-order valence-corrected chi connectivity index (χ0v) is 17.4. The van der Waals surface area contributed by atoms with Gasteiger partial charge in [0.2, 0.25) is 0 Å². The number of fused-ring (bicyclic) bond motifs is 3. The fraction of sp³-hybridized carbons (Fsp3) is 0.526. The van der Waals surface area contributed by atoms with Crippen molar-refractivity contribution in [1.29, 1.82) is 0 Å². The highest BCUT2D eigenvalue weighted by atomic mass is 79.9. The molecule has 2 bridgehead atoms. The first-order valence-electron chi connectivity index (χ1n) is 9.28. The molecule has 27 heavy (non-hydrogen) atoms. The third kappa shape index (κ3) is 3.61. The minimum absolute atomic E-state index is 0.145. The second-order valence-corrected chi connectivity index (χ2v) is 8.76. The Bertz CT molecular complexity index is 825. The molecule has 3 fully saturated rings. The molecule has 5 nitrogen and oxygen atoms in total. The van der Waals surface area contributed by atoms with Crippen LogP contribution in [0, 0.1) is 23.6 Å². The topological polar surface area (TPSA) is 64.1 Å². The molecular formula is C19H21BrFN3O2S. The van der Waals surface area contributed by atoms with Gasteiger partial charge in [-0.1, -0.05) is 6.07 Å². The number of hydrogen-bond acceptors (Lipinski definition) is 6. The van der Waals surface area contributed by atoms with Gasteiger partial charge in [0, 0.05) is 6.04 Å². The van der Waals surface area contributed by atoms with Crippen LogP contribution >= 0.6 is 27.3 Å². The summed E-state index contributed by atoms with van der Waals surface area (Å²) in [4.78, 5) is 21.8. The molecule has 0 saturated heterocycles. The van der Waals surface area contributed by atoms with Gasteiger partial charge in [-0.15, -0.1) is 11.3 Å². The first-order chi connectivity index (χ1) is 13.1. The lowest BCUT2D eigenvalue weighted by Gasteiger charge is -2.47. The molecule has 2 heterocycles. The van der Waals surface area contributed by atoms with Gasteiger partial charge in [-0.2, -0.15) is 0 Å². The van der Waals surface area contributed by atoms with E-state index in [2.05, 4.69) is 31.2 Å². The van der Waals surface area contributed by atoms with E-state index in [4.69, 9.17) is 4.74 Å². The molecule has 0 radical (unpaired) electrons. The van der Waals surface area contributed by atoms with Crippen molar-refractivity contribution in [1.82, 2.24) is 9.97 Å². The van der Waals surface area contributed by atoms with Gasteiger partial charge in [0.1, 0.15) is 5.69 Å². The molecule has 3 aliphatic rings. The van der Waals surface area contributed by atoms with E-state index >= 15 is 4.39 Å². The van der Waals surface area contributed by atoms with Gasteiger partial charge < -0.3 is 10.1 Å². The third-order valence-corrected chi connectivity index (χ3v) is 6.89. The highest BCUT2D eigenvalue weighted by molar-refractivity contribution is 9.10. The van der Waals surface area contributed by atoms with Crippen molar-refractivity contribution in [3.05, 3.63) is 28.1 Å². The van der Waals surface area contributed by atoms with E-state index in [1.54, 1.807) is 0 Å². The average molecular weight is 454 g/mol. The van der Waals surface area contributed by atoms with Crippen molar-refractivity contribution < 1.29 is 13.9 Å². The molecular weight excluding hydrogens is 433 g/mol. The normalized spacial score (nSPS) is 26.8. The summed E-state index contributed by atoms with van der Waals surface area (Å²) in [5.41, 5.74) is 0.267. The predicted molar refractivity (Wildman–Crippen MR) is 106 cm³/mol. The van der Waals surface area contributed by atoms with Crippen LogP contribution in [-0.4, -0.2) is 28.6 Å². The van der Waals surface area contributed by atoms with Crippen LogP contribution in [0.15, 0.2) is 22.2 Å². The second kappa shape index (κ2) is 7.83. The minimum Gasteiger partial charge on any atom is -0.466 e. The smallest absolute Gasteiger partial charge is 0.311 e. The van der Waals surface area contributed by atoms with Crippen LogP contribution in [0.4, 0.5) is 10.2 Å². The maximum Gasteiger partial charge on any atom is 0.311 e. The van der Waals surface area contributed by atoms with Gasteiger partial charge >= 0.3 is 5.97 Å². The summed E-state index contributed by atoms with van der Waals surface area (Å²) in [5, 5.41) is 5.14. The van der Waals surface area contributed by atoms with Crippen LogP contribution in [-0.2, 0) is 9.53 Å². The van der Waals surface area contributed by atoms with Crippen LogP contribution < -0.4 is 5.32 Å². The maximum absolute atomic E-state index is 15.2. The third-order valence-electron chi connectivity index (χ3n) is 5.66. The van der Waals surface area contributed by atoms with Crippen LogP contribution in [0.2, 0.25) is 0 Å². The van der Waals surface area contributed by atoms with Crippen molar-refractivity contribution in [3.8, 4) is 10.6 Å². The van der Waals surface area contributed by atoms with E-state index < -0.39 is 5.82 Å². The number of halogens is 2. The summed E-state index contributed by atoms with van der Waals surface area (Å²) in [5.74, 6) is -0.164. The fourth-order valence-corrected chi connectivity index (χ4v) is 5.55. The summed E-state index contributed by atoms with van der Waals surface area (Å²) < 4.78 is 20.8. The minimum atomic E-state index is -0.482. The molecule has 3 aliphatic carbocycles. The maximum atomic E-state index is 15.2. The molecule has 0 amide bonds. The Kier molecular flexibility index (Phi) is 5.45. The lowest BCUT2D eigenvalue weighted by molar-refractivity contribution is -0.154. The first kappa shape index (κ1) is 18.8. The molecule has 0 aromatic carbocycles. The molecule has 144 valence electrons. The van der Waals surface area contributed by atoms with E-state index in [9.17, 15) is 4.79 Å². The van der Waals surface area contributed by atoms with E-state index in [-0.39, 0.29) is 35.4 Å². The van der Waals surface area contributed by atoms with Crippen molar-refractivity contribution in [2.45, 2.75) is 38.6 Å². The molecule has 0 spiro atoms. The lowest BCUT2D eigenvalue weighted by atomic mass is 9.61. The molecule has 0 aliphatic heterocycles. The van der Waals surface area contributed by atoms with E-state index in [0.717, 1.165) is 30.6 Å². The Balaban J connectivity index is 1.67. The van der Waals surface area contributed by atoms with Crippen molar-refractivity contribution in [2.75, 3.05) is 11.9 Å². The van der Waals surface area contributed by atoms with E-state index in [0.29, 0.717) is 17.3 Å². The molecule has 1 unspecified atom stereocenters. The predicted octanol–water partition coefficient (Wildman–Crippen LogP) is 4.89. The first-order valence-corrected chi connectivity index (χ1v) is 11.0. The van der Waals surface area contributed by atoms with Gasteiger partial charge in [0.15, 0.2) is 16.4 Å². The zero-order chi connectivity index (χ0) is 19.0. The van der Waals surface area contributed by atoms with Gasteiger partial charge in [-0.3, -0.25) is 4.79 Å². The Labute approximate surface area is 169 Å². The number of nitrogens with one attached hydrogen (secondary N) is 1. The Morgan fingerprint density at radius 1 is 1.33 bits per heavy atom. The average Bonchev–Trinajstić information content (AvgIpc) is 3.20. The Morgan fingerprint density at radius 2 is 2.07 bits per heavy atom. The summed E-state index contributed by atoms with van der Waals surface area (Å²) in [6, 6.07) is 3.53. The quantitative estimate of drug-likeness (QED) is 0.515. The van der Waals surface area contributed by atoms with Gasteiger partial charge in [0.05, 0.1) is 17.4 Å². The molecule has 3 saturated carbocycles. The number of nitrogens with zero attached hydrogens (tertiary/aromatic N) is 2. The molecule has 2 aromatic heterocycles. The van der Waals surface area contributed by atoms with Crippen molar-refractivity contribution in [2.24, 2.45) is 17.8 Å². The number of carbonyl (C=O) groups excluding carboxylic acids is 1. The van der Waals surface area contributed by atoms with Crippen molar-refractivity contribution in [3.63, 3.8) is 0 Å². The molecule has 1 N–H and O–H groups in total. The van der Waals surface area contributed by atoms with Crippen molar-refractivity contribution >= 4 is 39.1 Å². The van der Waals surface area contributed by atoms with E-state index in [1.165, 1.54) is 11.3 Å². The number of hydrogen-bond donors (Lipinski definition) is 1. The second-order valence-electron chi connectivity index (χ2n) is 7.10. The summed E-state index contributed by atoms with van der Waals surface area (Å²) in [6.45, 7) is 2.17. The molecule has 2 aromatic rings. The fourth-order valence-electron chi connectivity index (χ4n) is 4.48. The summed E-state index contributed by atoms with van der Waals surface area (Å²) in [6.07, 6.45) is 4.15. The number of esters is 1. The van der Waals surface area contributed by atoms with Crippen LogP contribution in [0.5, 0.6) is 0 Å². The Morgan fingerprint density at radius 3 is 2.74 bits per heavy atom. The molecule has 5 rings (SSSR count). The largest absolute Gasteiger partial charge is 0.466 e. The number of ether oxygens (including phenoxy) is 1. The Hall–Kier alpha value is -1.54. The SMILES string of the molecule is CCOC(=O)[C@@H]1C2CCC(CC2)C1Nc1nc(Br)nc(-c2cccs2)c1F. The van der Waals surface area contributed by atoms with E-state index in [1.807, 2.05) is 24.4 Å². The van der Waals surface area contributed by atoms with Crippen LogP contribution in [0.25, 0.3) is 10.6 Å². The molecule has 8 heteroatoms. The number of thiophene rings is 1. The highest BCUT2D eigenvalue weighted by Gasteiger charge is 2.48. The highest BCUT2D eigenvalue weighted by Crippen LogP contribution is 2.47. The summed E-state index contributed by atoms with van der Waals surface area (Å²) in [7, 11) is 0. The number of carbonyl (C=O) groups is 1. The van der Waals surface area contributed by atoms with Crippen LogP contribution in [0.1, 0.15) is 32.6 Å². The molecule has 2 atom stereocenters.